The van der Waals surface area contributed by atoms with E-state index in [0.717, 1.165) is 37.2 Å². The molecule has 1 aromatic heterocycles. The molecule has 1 aromatic rings. The topological polar surface area (TPSA) is 40.2 Å². The van der Waals surface area contributed by atoms with Crippen molar-refractivity contribution in [1.29, 1.82) is 0 Å². The van der Waals surface area contributed by atoms with Gasteiger partial charge in [0.25, 0.3) is 0 Å². The van der Waals surface area contributed by atoms with Crippen LogP contribution in [-0.2, 0) is 0 Å². The number of nitrogens with one attached hydrogen (secondary N) is 2. The Labute approximate surface area is 139 Å². The van der Waals surface area contributed by atoms with E-state index in [0.29, 0.717) is 5.11 Å². The molecule has 2 N–H and O–H groups in total. The second kappa shape index (κ2) is 8.44. The van der Waals surface area contributed by atoms with Gasteiger partial charge in [0.15, 0.2) is 5.11 Å². The highest BCUT2D eigenvalue weighted by Crippen LogP contribution is 2.20. The quantitative estimate of drug-likeness (QED) is 0.644. The molecule has 2 unspecified atom stereocenters. The molecule has 1 aliphatic rings. The average Bonchev–Trinajstić information content (AvgIpc) is 2.42. The van der Waals surface area contributed by atoms with Crippen molar-refractivity contribution in [2.24, 2.45) is 11.8 Å². The number of likely N-dealkylation sites (tertiary alicyclic amines) is 1. The van der Waals surface area contributed by atoms with Gasteiger partial charge >= 0.3 is 0 Å². The van der Waals surface area contributed by atoms with E-state index in [1.807, 2.05) is 19.1 Å². The van der Waals surface area contributed by atoms with Crippen LogP contribution in [0.3, 0.4) is 0 Å². The Hall–Kier alpha value is -1.20. The van der Waals surface area contributed by atoms with Gasteiger partial charge < -0.3 is 15.5 Å². The number of piperidine rings is 1. The van der Waals surface area contributed by atoms with Gasteiger partial charge in [-0.2, -0.15) is 0 Å². The molecule has 0 spiro atoms. The summed E-state index contributed by atoms with van der Waals surface area (Å²) >= 11 is 5.31. The van der Waals surface area contributed by atoms with Crippen molar-refractivity contribution in [2.75, 3.05) is 31.5 Å². The van der Waals surface area contributed by atoms with E-state index >= 15 is 0 Å². The summed E-state index contributed by atoms with van der Waals surface area (Å²) in [5.74, 6) is 2.45. The van der Waals surface area contributed by atoms with E-state index in [1.165, 1.54) is 25.1 Å². The van der Waals surface area contributed by atoms with Gasteiger partial charge in [-0.15, -0.1) is 0 Å². The first-order chi connectivity index (χ1) is 10.5. The van der Waals surface area contributed by atoms with Gasteiger partial charge in [0.05, 0.1) is 0 Å². The normalized spacial score (nSPS) is 22.3. The summed E-state index contributed by atoms with van der Waals surface area (Å²) < 4.78 is 0. The van der Waals surface area contributed by atoms with Gasteiger partial charge in [-0.05, 0) is 68.1 Å². The molecular formula is C17H28N4S. The van der Waals surface area contributed by atoms with E-state index in [1.54, 1.807) is 6.20 Å². The number of hydrogen-bond donors (Lipinski definition) is 2. The fraction of sp³-hybridized carbons (Fsp3) is 0.647. The lowest BCUT2D eigenvalue weighted by atomic mass is 9.92. The Kier molecular flexibility index (Phi) is 6.58. The first kappa shape index (κ1) is 17.2. The molecule has 1 saturated heterocycles. The Bertz CT molecular complexity index is 481. The van der Waals surface area contributed by atoms with Gasteiger partial charge in [0, 0.05) is 25.8 Å². The summed E-state index contributed by atoms with van der Waals surface area (Å²) in [6.45, 7) is 11.3. The fourth-order valence-electron chi connectivity index (χ4n) is 3.24. The second-order valence-corrected chi connectivity index (χ2v) is 7.07. The summed E-state index contributed by atoms with van der Waals surface area (Å²) in [4.78, 5) is 6.83. The smallest absolute Gasteiger partial charge is 0.171 e. The summed E-state index contributed by atoms with van der Waals surface area (Å²) in [6.07, 6.45) is 4.27. The molecule has 122 valence electrons. The van der Waals surface area contributed by atoms with Gasteiger partial charge in [-0.1, -0.05) is 13.8 Å². The van der Waals surface area contributed by atoms with Crippen molar-refractivity contribution >= 4 is 23.1 Å². The lowest BCUT2D eigenvalue weighted by Gasteiger charge is -2.34. The minimum Gasteiger partial charge on any atom is -0.362 e. The number of rotatable bonds is 5. The maximum absolute atomic E-state index is 5.31. The van der Waals surface area contributed by atoms with Crippen molar-refractivity contribution < 1.29 is 0 Å². The third-order valence-electron chi connectivity index (χ3n) is 4.04. The molecule has 0 saturated carbocycles. The predicted molar refractivity (Wildman–Crippen MR) is 97.2 cm³/mol. The Balaban J connectivity index is 1.63. The summed E-state index contributed by atoms with van der Waals surface area (Å²) in [7, 11) is 0. The molecule has 2 atom stereocenters. The highest BCUT2D eigenvalue weighted by molar-refractivity contribution is 7.80. The number of nitrogens with zero attached hydrogens (tertiary/aromatic N) is 2. The minimum absolute atomic E-state index is 0.651. The minimum atomic E-state index is 0.651. The monoisotopic (exact) mass is 320 g/mol. The standard InChI is InChI=1S/C17H28N4S/c1-13-5-7-18-16(10-13)20-17(22)19-6-4-8-21-11-14(2)9-15(3)12-21/h5,7,10,14-15H,4,6,8-9,11-12H2,1-3H3,(H2,18,19,20,22). The van der Waals surface area contributed by atoms with Crippen LogP contribution in [0.15, 0.2) is 18.3 Å². The molecule has 1 aliphatic heterocycles. The summed E-state index contributed by atoms with van der Waals surface area (Å²) in [6, 6.07) is 3.97. The second-order valence-electron chi connectivity index (χ2n) is 6.66. The fourth-order valence-corrected chi connectivity index (χ4v) is 3.45. The lowest BCUT2D eigenvalue weighted by Crippen LogP contribution is -2.40. The molecule has 5 heteroatoms. The molecule has 0 aromatic carbocycles. The zero-order valence-electron chi connectivity index (χ0n) is 13.9. The molecule has 2 heterocycles. The van der Waals surface area contributed by atoms with E-state index in [2.05, 4.69) is 34.4 Å². The zero-order chi connectivity index (χ0) is 15.9. The molecule has 1 fully saturated rings. The van der Waals surface area contributed by atoms with Crippen LogP contribution >= 0.6 is 12.2 Å². The Morgan fingerprint density at radius 2 is 2.09 bits per heavy atom. The number of aryl methyl sites for hydroxylation is 1. The van der Waals surface area contributed by atoms with Crippen LogP contribution in [0.25, 0.3) is 0 Å². The first-order valence-electron chi connectivity index (χ1n) is 8.23. The summed E-state index contributed by atoms with van der Waals surface area (Å²) in [5, 5.41) is 7.05. The first-order valence-corrected chi connectivity index (χ1v) is 8.63. The van der Waals surface area contributed by atoms with Gasteiger partial charge in [0.1, 0.15) is 5.82 Å². The molecule has 0 aliphatic carbocycles. The molecule has 0 radical (unpaired) electrons. The number of aromatic nitrogens is 1. The number of thiocarbonyl (C=S) groups is 1. The molecule has 0 bridgehead atoms. The van der Waals surface area contributed by atoms with Crippen LogP contribution in [0.1, 0.15) is 32.3 Å². The van der Waals surface area contributed by atoms with Crippen LogP contribution in [-0.4, -0.2) is 41.2 Å². The van der Waals surface area contributed by atoms with Gasteiger partial charge in [-0.25, -0.2) is 4.98 Å². The van der Waals surface area contributed by atoms with Crippen LogP contribution in [0.5, 0.6) is 0 Å². The van der Waals surface area contributed by atoms with Gasteiger partial charge in [-0.3, -0.25) is 0 Å². The van der Waals surface area contributed by atoms with E-state index in [9.17, 15) is 0 Å². The van der Waals surface area contributed by atoms with Crippen LogP contribution < -0.4 is 10.6 Å². The van der Waals surface area contributed by atoms with Crippen molar-refractivity contribution in [3.63, 3.8) is 0 Å². The van der Waals surface area contributed by atoms with E-state index < -0.39 is 0 Å². The maximum atomic E-state index is 5.31. The summed E-state index contributed by atoms with van der Waals surface area (Å²) in [5.41, 5.74) is 1.17. The van der Waals surface area contributed by atoms with Crippen molar-refractivity contribution in [2.45, 2.75) is 33.6 Å². The van der Waals surface area contributed by atoms with Crippen LogP contribution in [0.2, 0.25) is 0 Å². The van der Waals surface area contributed by atoms with Crippen LogP contribution in [0.4, 0.5) is 5.82 Å². The van der Waals surface area contributed by atoms with Crippen molar-refractivity contribution in [3.8, 4) is 0 Å². The highest BCUT2D eigenvalue weighted by Gasteiger charge is 2.20. The third-order valence-corrected chi connectivity index (χ3v) is 4.28. The lowest BCUT2D eigenvalue weighted by molar-refractivity contribution is 0.140. The predicted octanol–water partition coefficient (Wildman–Crippen LogP) is 3.04. The number of pyridine rings is 1. The number of anilines is 1. The number of hydrogen-bond acceptors (Lipinski definition) is 3. The largest absolute Gasteiger partial charge is 0.362 e. The third kappa shape index (κ3) is 5.89. The SMILES string of the molecule is Cc1ccnc(NC(=S)NCCCN2CC(C)CC(C)C2)c1. The maximum Gasteiger partial charge on any atom is 0.171 e. The van der Waals surface area contributed by atoms with Crippen molar-refractivity contribution in [1.82, 2.24) is 15.2 Å². The van der Waals surface area contributed by atoms with Crippen LogP contribution in [0, 0.1) is 18.8 Å². The Morgan fingerprint density at radius 1 is 1.36 bits per heavy atom. The molecular weight excluding hydrogens is 292 g/mol. The van der Waals surface area contributed by atoms with Crippen molar-refractivity contribution in [3.05, 3.63) is 23.9 Å². The molecule has 22 heavy (non-hydrogen) atoms. The highest BCUT2D eigenvalue weighted by atomic mass is 32.1. The van der Waals surface area contributed by atoms with E-state index in [-0.39, 0.29) is 0 Å². The molecule has 2 rings (SSSR count). The Morgan fingerprint density at radius 3 is 2.77 bits per heavy atom. The molecule has 0 amide bonds. The average molecular weight is 321 g/mol. The molecule has 4 nitrogen and oxygen atoms in total. The van der Waals surface area contributed by atoms with Gasteiger partial charge in [0.2, 0.25) is 0 Å². The zero-order valence-corrected chi connectivity index (χ0v) is 14.7. The van der Waals surface area contributed by atoms with E-state index in [4.69, 9.17) is 12.2 Å².